The van der Waals surface area contributed by atoms with Crippen LogP contribution in [0.3, 0.4) is 0 Å². The molecule has 0 bridgehead atoms. The van der Waals surface area contributed by atoms with E-state index in [9.17, 15) is 9.59 Å². The molecule has 1 aliphatic heterocycles. The number of hydrogen-bond acceptors (Lipinski definition) is 4. The van der Waals surface area contributed by atoms with Gasteiger partial charge in [0.25, 0.3) is 11.8 Å². The van der Waals surface area contributed by atoms with Crippen molar-refractivity contribution >= 4 is 40.1 Å². The number of carbonyl (C=O) groups is 2. The van der Waals surface area contributed by atoms with Gasteiger partial charge in [0.05, 0.1) is 12.2 Å². The molecule has 1 atom stereocenters. The van der Waals surface area contributed by atoms with Crippen LogP contribution in [0.15, 0.2) is 72.8 Å². The fraction of sp³-hybridized carbons (Fsp3) is 0.167. The summed E-state index contributed by atoms with van der Waals surface area (Å²) >= 11 is 2.17. The highest BCUT2D eigenvalue weighted by Gasteiger charge is 2.34. The molecular weight excluding hydrogens is 505 g/mol. The number of nitrogens with one attached hydrogen (secondary N) is 2. The molecule has 1 heterocycles. The summed E-state index contributed by atoms with van der Waals surface area (Å²) in [5, 5.41) is 4.74. The summed E-state index contributed by atoms with van der Waals surface area (Å²) < 4.78 is 6.61. The van der Waals surface area contributed by atoms with Crippen LogP contribution in [0.2, 0.25) is 0 Å². The Hall–Kier alpha value is -3.07. The maximum Gasteiger partial charge on any atom is 0.276 e. The van der Waals surface area contributed by atoms with E-state index < -0.39 is 6.17 Å². The lowest BCUT2D eigenvalue weighted by Crippen LogP contribution is -2.52. The summed E-state index contributed by atoms with van der Waals surface area (Å²) in [5.74, 6) is 0.146. The second-order valence-electron chi connectivity index (χ2n) is 7.14. The molecule has 0 spiro atoms. The first-order valence-corrected chi connectivity index (χ1v) is 11.1. The lowest BCUT2D eigenvalue weighted by atomic mass is 10.0. The Morgan fingerprint density at radius 2 is 1.84 bits per heavy atom. The van der Waals surface area contributed by atoms with Crippen LogP contribution in [0.25, 0.3) is 0 Å². The van der Waals surface area contributed by atoms with Crippen molar-refractivity contribution < 1.29 is 14.3 Å². The molecule has 158 valence electrons. The topological polar surface area (TPSA) is 70.7 Å². The van der Waals surface area contributed by atoms with Gasteiger partial charge in [-0.1, -0.05) is 37.3 Å². The van der Waals surface area contributed by atoms with Crippen LogP contribution in [0, 0.1) is 3.57 Å². The molecule has 0 saturated heterocycles. The van der Waals surface area contributed by atoms with Crippen molar-refractivity contribution in [3.05, 3.63) is 93.1 Å². The van der Waals surface area contributed by atoms with Crippen molar-refractivity contribution in [2.24, 2.45) is 0 Å². The van der Waals surface area contributed by atoms with Gasteiger partial charge in [-0.3, -0.25) is 15.0 Å². The molecule has 0 radical (unpaired) electrons. The van der Waals surface area contributed by atoms with E-state index in [0.717, 1.165) is 27.0 Å². The second-order valence-corrected chi connectivity index (χ2v) is 8.38. The number of amides is 2. The molecule has 3 aromatic rings. The summed E-state index contributed by atoms with van der Waals surface area (Å²) in [6.07, 6.45) is 0.364. The molecule has 3 aromatic carbocycles. The lowest BCUT2D eigenvalue weighted by molar-refractivity contribution is 0.0491. The highest BCUT2D eigenvalue weighted by molar-refractivity contribution is 14.1. The molecule has 2 N–H and O–H groups in total. The number of ether oxygens (including phenoxy) is 1. The molecule has 0 saturated carbocycles. The standard InChI is InChI=1S/C24H22IN3O3/c1-2-14-31-19-11-8-16(9-12-19)22-26-21-13-10-18(25)15-20(21)24(30)28(22)27-23(29)17-6-4-3-5-7-17/h3-13,15,22,26H,2,14H2,1H3,(H,27,29)/t22-/m1/s1. The van der Waals surface area contributed by atoms with Gasteiger partial charge in [-0.05, 0) is 77.0 Å². The molecule has 2 amide bonds. The summed E-state index contributed by atoms with van der Waals surface area (Å²) in [7, 11) is 0. The zero-order valence-corrected chi connectivity index (χ0v) is 19.1. The maximum atomic E-state index is 13.4. The lowest BCUT2D eigenvalue weighted by Gasteiger charge is -2.38. The van der Waals surface area contributed by atoms with E-state index in [2.05, 4.69) is 40.3 Å². The van der Waals surface area contributed by atoms with E-state index >= 15 is 0 Å². The van der Waals surface area contributed by atoms with Crippen LogP contribution in [0.4, 0.5) is 5.69 Å². The van der Waals surface area contributed by atoms with E-state index in [1.165, 1.54) is 5.01 Å². The van der Waals surface area contributed by atoms with Crippen molar-refractivity contribution in [3.63, 3.8) is 0 Å². The first-order chi connectivity index (χ1) is 15.1. The minimum Gasteiger partial charge on any atom is -0.494 e. The average Bonchev–Trinajstić information content (AvgIpc) is 2.80. The van der Waals surface area contributed by atoms with E-state index in [1.807, 2.05) is 48.5 Å². The van der Waals surface area contributed by atoms with Crippen LogP contribution < -0.4 is 15.5 Å². The Morgan fingerprint density at radius 1 is 1.10 bits per heavy atom. The highest BCUT2D eigenvalue weighted by atomic mass is 127. The van der Waals surface area contributed by atoms with Gasteiger partial charge in [-0.15, -0.1) is 0 Å². The largest absolute Gasteiger partial charge is 0.494 e. The zero-order valence-electron chi connectivity index (χ0n) is 17.0. The third kappa shape index (κ3) is 4.66. The van der Waals surface area contributed by atoms with E-state index in [-0.39, 0.29) is 11.8 Å². The number of carbonyl (C=O) groups excluding carboxylic acids is 2. The number of anilines is 1. The van der Waals surface area contributed by atoms with Crippen LogP contribution in [-0.2, 0) is 0 Å². The SMILES string of the molecule is CCCOc1ccc([C@@H]2Nc3ccc(I)cc3C(=O)N2NC(=O)c2ccccc2)cc1. The van der Waals surface area contributed by atoms with Gasteiger partial charge in [0, 0.05) is 14.8 Å². The molecule has 31 heavy (non-hydrogen) atoms. The van der Waals surface area contributed by atoms with Gasteiger partial charge in [0.15, 0.2) is 0 Å². The summed E-state index contributed by atoms with van der Waals surface area (Å²) in [6.45, 7) is 2.70. The van der Waals surface area contributed by atoms with Gasteiger partial charge in [0.1, 0.15) is 11.9 Å². The Kier molecular flexibility index (Phi) is 6.41. The predicted molar refractivity (Wildman–Crippen MR) is 128 cm³/mol. The Morgan fingerprint density at radius 3 is 2.55 bits per heavy atom. The normalized spacial score (nSPS) is 15.1. The molecule has 6 nitrogen and oxygen atoms in total. The molecule has 7 heteroatoms. The van der Waals surface area contributed by atoms with Gasteiger partial charge in [0.2, 0.25) is 0 Å². The molecule has 0 unspecified atom stereocenters. The van der Waals surface area contributed by atoms with Crippen molar-refractivity contribution in [1.29, 1.82) is 0 Å². The van der Waals surface area contributed by atoms with Crippen LogP contribution in [0.5, 0.6) is 5.75 Å². The van der Waals surface area contributed by atoms with E-state index in [1.54, 1.807) is 24.3 Å². The third-order valence-corrected chi connectivity index (χ3v) is 5.58. The van der Waals surface area contributed by atoms with Gasteiger partial charge in [-0.25, -0.2) is 5.01 Å². The number of hydrogen-bond donors (Lipinski definition) is 2. The Bertz CT molecular complexity index is 1090. The monoisotopic (exact) mass is 527 g/mol. The summed E-state index contributed by atoms with van der Waals surface area (Å²) in [4.78, 5) is 26.2. The highest BCUT2D eigenvalue weighted by Crippen LogP contribution is 2.33. The number of benzene rings is 3. The minimum atomic E-state index is -0.562. The Balaban J connectivity index is 1.67. The average molecular weight is 527 g/mol. The molecular formula is C24H22IN3O3. The van der Waals surface area contributed by atoms with E-state index in [4.69, 9.17) is 4.74 Å². The van der Waals surface area contributed by atoms with Crippen LogP contribution >= 0.6 is 22.6 Å². The molecule has 0 fully saturated rings. The number of halogens is 1. The number of nitrogens with zero attached hydrogens (tertiary/aromatic N) is 1. The van der Waals surface area contributed by atoms with Crippen molar-refractivity contribution in [3.8, 4) is 5.75 Å². The third-order valence-electron chi connectivity index (χ3n) is 4.91. The van der Waals surface area contributed by atoms with Gasteiger partial charge >= 0.3 is 0 Å². The number of hydrazine groups is 1. The fourth-order valence-electron chi connectivity index (χ4n) is 3.36. The maximum absolute atomic E-state index is 13.4. The number of fused-ring (bicyclic) bond motifs is 1. The number of rotatable bonds is 6. The Labute approximate surface area is 194 Å². The van der Waals surface area contributed by atoms with Gasteiger partial charge < -0.3 is 10.1 Å². The summed E-state index contributed by atoms with van der Waals surface area (Å²) in [6, 6.07) is 22.0. The molecule has 1 aliphatic rings. The van der Waals surface area contributed by atoms with Crippen LogP contribution in [0.1, 0.15) is 45.8 Å². The van der Waals surface area contributed by atoms with Gasteiger partial charge in [-0.2, -0.15) is 0 Å². The van der Waals surface area contributed by atoms with Crippen molar-refractivity contribution in [2.45, 2.75) is 19.5 Å². The van der Waals surface area contributed by atoms with Crippen molar-refractivity contribution in [2.75, 3.05) is 11.9 Å². The molecule has 0 aliphatic carbocycles. The predicted octanol–water partition coefficient (Wildman–Crippen LogP) is 4.99. The summed E-state index contributed by atoms with van der Waals surface area (Å²) in [5.41, 5.74) is 5.34. The van der Waals surface area contributed by atoms with Crippen molar-refractivity contribution in [1.82, 2.24) is 10.4 Å². The first kappa shape index (κ1) is 21.2. The van der Waals surface area contributed by atoms with Crippen LogP contribution in [-0.4, -0.2) is 23.4 Å². The smallest absolute Gasteiger partial charge is 0.276 e. The van der Waals surface area contributed by atoms with E-state index in [0.29, 0.717) is 17.7 Å². The minimum absolute atomic E-state index is 0.271. The fourth-order valence-corrected chi connectivity index (χ4v) is 3.85. The second kappa shape index (κ2) is 9.38. The molecule has 4 rings (SSSR count). The zero-order chi connectivity index (χ0) is 21.8. The quantitative estimate of drug-likeness (QED) is 0.444. The molecule has 0 aromatic heterocycles. The first-order valence-electron chi connectivity index (χ1n) is 10.0.